The Labute approximate surface area is 60.3 Å². The van der Waals surface area contributed by atoms with Crippen LogP contribution in [0.4, 0.5) is 13.2 Å². The summed E-state index contributed by atoms with van der Waals surface area (Å²) in [5.74, 6) is 0. The summed E-state index contributed by atoms with van der Waals surface area (Å²) in [5.41, 5.74) is 0. The number of halogens is 4. The maximum absolute atomic E-state index is 11.4. The van der Waals surface area contributed by atoms with Crippen LogP contribution in [-0.4, -0.2) is 16.6 Å². The zero-order chi connectivity index (χ0) is 8.20. The molecule has 0 aromatic carbocycles. The fourth-order valence-corrected chi connectivity index (χ4v) is 0.389. The molecule has 0 saturated heterocycles. The second-order valence-corrected chi connectivity index (χ2v) is 2.03. The van der Waals surface area contributed by atoms with E-state index in [-0.39, 0.29) is 0 Å². The Balaban J connectivity index is 3.56. The van der Waals surface area contributed by atoms with Crippen molar-refractivity contribution in [3.63, 3.8) is 0 Å². The minimum absolute atomic E-state index is 0.433. The molecule has 0 aliphatic heterocycles. The average molecular weight is 176 g/mol. The van der Waals surface area contributed by atoms with Crippen molar-refractivity contribution in [3.05, 3.63) is 0 Å². The van der Waals surface area contributed by atoms with Crippen LogP contribution < -0.4 is 0 Å². The Morgan fingerprint density at radius 3 is 2.30 bits per heavy atom. The van der Waals surface area contributed by atoms with E-state index >= 15 is 0 Å². The highest BCUT2D eigenvalue weighted by atomic mass is 35.5. The molecule has 10 heavy (non-hydrogen) atoms. The van der Waals surface area contributed by atoms with Crippen molar-refractivity contribution in [2.45, 2.75) is 19.0 Å². The van der Waals surface area contributed by atoms with Gasteiger partial charge < -0.3 is 5.21 Å². The summed E-state index contributed by atoms with van der Waals surface area (Å²) < 4.78 is 34.1. The zero-order valence-corrected chi connectivity index (χ0v) is 5.58. The van der Waals surface area contributed by atoms with Crippen molar-refractivity contribution in [2.75, 3.05) is 0 Å². The van der Waals surface area contributed by atoms with Crippen molar-refractivity contribution in [3.8, 4) is 0 Å². The first-order valence-electron chi connectivity index (χ1n) is 2.39. The van der Waals surface area contributed by atoms with Crippen LogP contribution in [0.25, 0.3) is 0 Å². The maximum Gasteiger partial charge on any atom is 0.389 e. The highest BCUT2D eigenvalue weighted by Gasteiger charge is 2.26. The van der Waals surface area contributed by atoms with E-state index < -0.39 is 24.2 Å². The third kappa shape index (κ3) is 5.68. The third-order valence-electron chi connectivity index (χ3n) is 0.723. The van der Waals surface area contributed by atoms with Crippen molar-refractivity contribution in [1.29, 1.82) is 0 Å². The first-order valence-corrected chi connectivity index (χ1v) is 2.76. The van der Waals surface area contributed by atoms with Gasteiger partial charge in [0.05, 0.1) is 0 Å². The van der Waals surface area contributed by atoms with Gasteiger partial charge in [-0.2, -0.15) is 13.2 Å². The first kappa shape index (κ1) is 9.55. The quantitative estimate of drug-likeness (QED) is 0.390. The summed E-state index contributed by atoms with van der Waals surface area (Å²) in [6.07, 6.45) is -5.78. The minimum Gasteiger partial charge on any atom is -0.410 e. The Morgan fingerprint density at radius 2 is 2.00 bits per heavy atom. The van der Waals surface area contributed by atoms with Crippen LogP contribution in [0.15, 0.2) is 5.16 Å². The minimum atomic E-state index is -4.25. The van der Waals surface area contributed by atoms with E-state index in [1.165, 1.54) is 0 Å². The summed E-state index contributed by atoms with van der Waals surface area (Å²) in [4.78, 5) is 0. The number of rotatable bonds is 2. The molecule has 0 aliphatic carbocycles. The largest absolute Gasteiger partial charge is 0.410 e. The highest BCUT2D eigenvalue weighted by molar-refractivity contribution is 6.65. The second kappa shape index (κ2) is 3.65. The van der Waals surface area contributed by atoms with E-state index in [0.717, 1.165) is 0 Å². The van der Waals surface area contributed by atoms with Gasteiger partial charge in [-0.25, -0.2) is 0 Å². The van der Waals surface area contributed by atoms with Crippen molar-refractivity contribution in [2.24, 2.45) is 5.16 Å². The molecule has 0 rings (SSSR count). The summed E-state index contributed by atoms with van der Waals surface area (Å²) in [5, 5.41) is 9.76. The van der Waals surface area contributed by atoms with Gasteiger partial charge in [0.2, 0.25) is 0 Å². The molecule has 0 saturated carbocycles. The van der Waals surface area contributed by atoms with Crippen LogP contribution in [0.1, 0.15) is 12.8 Å². The normalized spacial score (nSPS) is 13.8. The van der Waals surface area contributed by atoms with Gasteiger partial charge in [-0.1, -0.05) is 16.8 Å². The van der Waals surface area contributed by atoms with Crippen LogP contribution in [0, 0.1) is 0 Å². The van der Waals surface area contributed by atoms with Crippen LogP contribution in [0.2, 0.25) is 0 Å². The number of hydrogen-bond acceptors (Lipinski definition) is 2. The van der Waals surface area contributed by atoms with E-state index in [1.807, 2.05) is 0 Å². The Bertz CT molecular complexity index is 133. The molecule has 0 amide bonds. The molecule has 0 radical (unpaired) electrons. The lowest BCUT2D eigenvalue weighted by atomic mass is 10.3. The van der Waals surface area contributed by atoms with Gasteiger partial charge in [0.1, 0.15) is 5.17 Å². The molecule has 0 atom stereocenters. The zero-order valence-electron chi connectivity index (χ0n) is 4.82. The van der Waals surface area contributed by atoms with Gasteiger partial charge >= 0.3 is 6.18 Å². The Hall–Kier alpha value is -0.450. The number of alkyl halides is 3. The molecule has 60 valence electrons. The SMILES string of the molecule is O/N=C(\Cl)CCC(F)(F)F. The summed E-state index contributed by atoms with van der Waals surface area (Å²) in [6.45, 7) is 0. The van der Waals surface area contributed by atoms with E-state index in [1.54, 1.807) is 0 Å². The van der Waals surface area contributed by atoms with E-state index in [4.69, 9.17) is 16.8 Å². The molecule has 0 bridgehead atoms. The fourth-order valence-electron chi connectivity index (χ4n) is 0.295. The summed E-state index contributed by atoms with van der Waals surface area (Å²) in [6, 6.07) is 0. The Morgan fingerprint density at radius 1 is 1.50 bits per heavy atom. The number of nitrogens with zero attached hydrogens (tertiary/aromatic N) is 1. The maximum atomic E-state index is 11.4. The van der Waals surface area contributed by atoms with Gasteiger partial charge in [-0.05, 0) is 0 Å². The lowest BCUT2D eigenvalue weighted by Gasteiger charge is -2.02. The molecule has 0 heterocycles. The number of oxime groups is 1. The first-order chi connectivity index (χ1) is 4.45. The van der Waals surface area contributed by atoms with Gasteiger partial charge in [-0.3, -0.25) is 0 Å². The highest BCUT2D eigenvalue weighted by Crippen LogP contribution is 2.21. The van der Waals surface area contributed by atoms with Crippen molar-refractivity contribution < 1.29 is 18.4 Å². The molecular weight excluding hydrogens is 170 g/mol. The van der Waals surface area contributed by atoms with Crippen molar-refractivity contribution in [1.82, 2.24) is 0 Å². The standard InChI is InChI=1S/C4H5ClF3NO/c5-3(9-10)1-2-4(6,7)8/h10H,1-2H2/b9-3-. The van der Waals surface area contributed by atoms with Gasteiger partial charge in [0, 0.05) is 12.8 Å². The van der Waals surface area contributed by atoms with Gasteiger partial charge in [0.25, 0.3) is 0 Å². The third-order valence-corrected chi connectivity index (χ3v) is 0.988. The molecular formula is C4H5ClF3NO. The fraction of sp³-hybridized carbons (Fsp3) is 0.750. The second-order valence-electron chi connectivity index (χ2n) is 1.59. The molecule has 1 N–H and O–H groups in total. The predicted molar refractivity (Wildman–Crippen MR) is 30.4 cm³/mol. The monoisotopic (exact) mass is 175 g/mol. The van der Waals surface area contributed by atoms with Crippen LogP contribution in [0.5, 0.6) is 0 Å². The Kier molecular flexibility index (Phi) is 3.49. The molecule has 0 aliphatic rings. The van der Waals surface area contributed by atoms with Crippen LogP contribution >= 0.6 is 11.6 Å². The lowest BCUT2D eigenvalue weighted by molar-refractivity contribution is -0.132. The van der Waals surface area contributed by atoms with Gasteiger partial charge in [-0.15, -0.1) is 0 Å². The average Bonchev–Trinajstić information content (AvgIpc) is 1.81. The van der Waals surface area contributed by atoms with Crippen LogP contribution in [0.3, 0.4) is 0 Å². The molecule has 0 unspecified atom stereocenters. The van der Waals surface area contributed by atoms with Crippen LogP contribution in [-0.2, 0) is 0 Å². The van der Waals surface area contributed by atoms with E-state index in [0.29, 0.717) is 0 Å². The molecule has 0 aromatic rings. The predicted octanol–water partition coefficient (Wildman–Crippen LogP) is 2.36. The van der Waals surface area contributed by atoms with Gasteiger partial charge in [0.15, 0.2) is 0 Å². The number of hydrogen-bond donors (Lipinski definition) is 1. The smallest absolute Gasteiger partial charge is 0.389 e. The lowest BCUT2D eigenvalue weighted by Crippen LogP contribution is -2.08. The van der Waals surface area contributed by atoms with E-state index in [9.17, 15) is 13.2 Å². The summed E-state index contributed by atoms with van der Waals surface area (Å²) in [7, 11) is 0. The molecule has 6 heteroatoms. The molecule has 2 nitrogen and oxygen atoms in total. The van der Waals surface area contributed by atoms with E-state index in [2.05, 4.69) is 5.16 Å². The molecule has 0 fully saturated rings. The molecule has 0 spiro atoms. The van der Waals surface area contributed by atoms with Crippen molar-refractivity contribution >= 4 is 16.8 Å². The summed E-state index contributed by atoms with van der Waals surface area (Å²) >= 11 is 4.97. The molecule has 0 aromatic heterocycles. The topological polar surface area (TPSA) is 32.6 Å².